The molecule has 0 bridgehead atoms. The van der Waals surface area contributed by atoms with Crippen molar-refractivity contribution in [2.45, 2.75) is 18.6 Å². The van der Waals surface area contributed by atoms with E-state index >= 15 is 0 Å². The van der Waals surface area contributed by atoms with Gasteiger partial charge in [0.05, 0.1) is 6.10 Å². The highest BCUT2D eigenvalue weighted by atomic mass is 79.9. The molecule has 1 heterocycles. The predicted molar refractivity (Wildman–Crippen MR) is 72.2 cm³/mol. The number of benzene rings is 1. The maximum Gasteiger partial charge on any atom is 0.326 e. The molecule has 2 rings (SSSR count). The maximum atomic E-state index is 12.3. The molecule has 0 unspecified atom stereocenters. The Balaban J connectivity index is 2.30. The number of halogens is 2. The fraction of sp³-hybridized carbons (Fsp3) is 0.333. The fourth-order valence-electron chi connectivity index (χ4n) is 2.12. The Morgan fingerprint density at radius 3 is 2.63 bits per heavy atom. The number of nitrogens with zero attached hydrogens (tertiary/aromatic N) is 1. The van der Waals surface area contributed by atoms with E-state index in [1.54, 1.807) is 12.1 Å². The molecule has 0 saturated carbocycles. The van der Waals surface area contributed by atoms with E-state index in [0.29, 0.717) is 15.1 Å². The summed E-state index contributed by atoms with van der Waals surface area (Å²) in [7, 11) is 0. The van der Waals surface area contributed by atoms with Crippen LogP contribution in [0.25, 0.3) is 0 Å². The van der Waals surface area contributed by atoms with Crippen LogP contribution in [0.3, 0.4) is 0 Å². The summed E-state index contributed by atoms with van der Waals surface area (Å²) in [6, 6.07) is 3.67. The molecule has 1 amide bonds. The normalized spacial score (nSPS) is 22.6. The zero-order valence-corrected chi connectivity index (χ0v) is 12.1. The summed E-state index contributed by atoms with van der Waals surface area (Å²) in [6.45, 7) is 0.0138. The molecule has 7 heteroatoms. The lowest BCUT2D eigenvalue weighted by molar-refractivity contribution is -0.141. The van der Waals surface area contributed by atoms with E-state index in [2.05, 4.69) is 15.9 Å². The van der Waals surface area contributed by atoms with Gasteiger partial charge < -0.3 is 15.1 Å². The molecule has 1 saturated heterocycles. The molecule has 1 aromatic rings. The van der Waals surface area contributed by atoms with Gasteiger partial charge in [0.1, 0.15) is 6.04 Å². The molecule has 2 atom stereocenters. The number of hydrogen-bond acceptors (Lipinski definition) is 3. The highest BCUT2D eigenvalue weighted by Gasteiger charge is 2.39. The van der Waals surface area contributed by atoms with Crippen molar-refractivity contribution in [2.75, 3.05) is 6.54 Å². The Morgan fingerprint density at radius 2 is 2.05 bits per heavy atom. The van der Waals surface area contributed by atoms with Crippen LogP contribution in [0.15, 0.2) is 22.7 Å². The van der Waals surface area contributed by atoms with E-state index in [1.165, 1.54) is 6.07 Å². The van der Waals surface area contributed by atoms with Gasteiger partial charge in [-0.2, -0.15) is 0 Å². The summed E-state index contributed by atoms with van der Waals surface area (Å²) >= 11 is 9.09. The summed E-state index contributed by atoms with van der Waals surface area (Å²) in [6.07, 6.45) is -0.768. The summed E-state index contributed by atoms with van der Waals surface area (Å²) in [4.78, 5) is 24.5. The number of β-amino-alcohol motifs (C(OH)–C–C–N with tert-alkyl or cyclic N) is 1. The molecule has 0 aliphatic carbocycles. The molecule has 1 fully saturated rings. The number of amides is 1. The van der Waals surface area contributed by atoms with Gasteiger partial charge in [0, 0.05) is 28.0 Å². The first-order valence-electron chi connectivity index (χ1n) is 5.56. The summed E-state index contributed by atoms with van der Waals surface area (Å²) in [5.41, 5.74) is 0.291. The molecule has 1 aliphatic heterocycles. The molecule has 5 nitrogen and oxygen atoms in total. The number of likely N-dealkylation sites (tertiary alicyclic amines) is 1. The van der Waals surface area contributed by atoms with Gasteiger partial charge >= 0.3 is 5.97 Å². The SMILES string of the molecule is O=C(O)[C@@H]1C[C@H](O)CN1C(=O)c1cc(Cl)cc(Br)c1. The van der Waals surface area contributed by atoms with Crippen LogP contribution < -0.4 is 0 Å². The third-order valence-corrected chi connectivity index (χ3v) is 3.61. The first-order chi connectivity index (χ1) is 8.88. The molecule has 19 heavy (non-hydrogen) atoms. The predicted octanol–water partition coefficient (Wildman–Crippen LogP) is 1.76. The van der Waals surface area contributed by atoms with Crippen LogP contribution in [0, 0.1) is 0 Å². The first kappa shape index (κ1) is 14.3. The van der Waals surface area contributed by atoms with Gasteiger partial charge in [0.15, 0.2) is 0 Å². The third-order valence-electron chi connectivity index (χ3n) is 2.93. The van der Waals surface area contributed by atoms with E-state index in [1.807, 2.05) is 0 Å². The number of carbonyl (C=O) groups is 2. The summed E-state index contributed by atoms with van der Waals surface area (Å²) in [5, 5.41) is 19.0. The molecule has 0 radical (unpaired) electrons. The smallest absolute Gasteiger partial charge is 0.326 e. The minimum atomic E-state index is -1.12. The minimum absolute atomic E-state index is 0.0138. The van der Waals surface area contributed by atoms with Gasteiger partial charge in [0.2, 0.25) is 0 Å². The van der Waals surface area contributed by atoms with Crippen molar-refractivity contribution in [1.82, 2.24) is 4.90 Å². The molecular weight excluding hydrogens is 337 g/mol. The lowest BCUT2D eigenvalue weighted by Crippen LogP contribution is -2.40. The van der Waals surface area contributed by atoms with Crippen molar-refractivity contribution in [2.24, 2.45) is 0 Å². The second kappa shape index (κ2) is 5.48. The van der Waals surface area contributed by atoms with Gasteiger partial charge in [-0.1, -0.05) is 27.5 Å². The van der Waals surface area contributed by atoms with Crippen LogP contribution in [0.5, 0.6) is 0 Å². The van der Waals surface area contributed by atoms with E-state index in [0.717, 1.165) is 4.90 Å². The molecule has 0 spiro atoms. The topological polar surface area (TPSA) is 77.8 Å². The second-order valence-electron chi connectivity index (χ2n) is 4.36. The fourth-order valence-corrected chi connectivity index (χ4v) is 2.98. The van der Waals surface area contributed by atoms with Gasteiger partial charge in [-0.05, 0) is 18.2 Å². The Labute approximate surface area is 122 Å². The van der Waals surface area contributed by atoms with Gasteiger partial charge in [-0.25, -0.2) is 4.79 Å². The van der Waals surface area contributed by atoms with Gasteiger partial charge in [0.25, 0.3) is 5.91 Å². The van der Waals surface area contributed by atoms with Gasteiger partial charge in [-0.15, -0.1) is 0 Å². The number of carboxylic acids is 1. The highest BCUT2D eigenvalue weighted by Crippen LogP contribution is 2.24. The second-order valence-corrected chi connectivity index (χ2v) is 5.71. The molecule has 102 valence electrons. The first-order valence-corrected chi connectivity index (χ1v) is 6.73. The van der Waals surface area contributed by atoms with Gasteiger partial charge in [-0.3, -0.25) is 4.79 Å². The Kier molecular flexibility index (Phi) is 4.13. The van der Waals surface area contributed by atoms with Crippen molar-refractivity contribution >= 4 is 39.4 Å². The van der Waals surface area contributed by atoms with E-state index < -0.39 is 24.0 Å². The van der Waals surface area contributed by atoms with Crippen LogP contribution in [-0.4, -0.2) is 45.7 Å². The van der Waals surface area contributed by atoms with Crippen molar-refractivity contribution < 1.29 is 19.8 Å². The average Bonchev–Trinajstić information content (AvgIpc) is 2.69. The molecule has 0 aromatic heterocycles. The van der Waals surface area contributed by atoms with Crippen molar-refractivity contribution in [3.63, 3.8) is 0 Å². The number of rotatable bonds is 2. The van der Waals surface area contributed by atoms with E-state index in [9.17, 15) is 14.7 Å². The number of carboxylic acid groups (broad SMARTS) is 1. The number of aliphatic hydroxyl groups is 1. The molecule has 2 N–H and O–H groups in total. The Bertz CT molecular complexity index is 516. The monoisotopic (exact) mass is 347 g/mol. The standard InChI is InChI=1S/C12H11BrClNO4/c13-7-1-6(2-8(14)3-7)11(17)15-5-9(16)4-10(15)12(18)19/h1-3,9-10,16H,4-5H2,(H,18,19)/t9-,10-/m0/s1. The zero-order valence-electron chi connectivity index (χ0n) is 9.72. The molecule has 1 aliphatic rings. The van der Waals surface area contributed by atoms with Crippen LogP contribution in [-0.2, 0) is 4.79 Å². The molecular formula is C12H11BrClNO4. The lowest BCUT2D eigenvalue weighted by Gasteiger charge is -2.21. The Hall–Kier alpha value is -1.11. The number of aliphatic carboxylic acids is 1. The van der Waals surface area contributed by atoms with E-state index in [4.69, 9.17) is 16.7 Å². The average molecular weight is 349 g/mol. The van der Waals surface area contributed by atoms with Crippen LogP contribution in [0.4, 0.5) is 0 Å². The quantitative estimate of drug-likeness (QED) is 0.854. The third kappa shape index (κ3) is 3.08. The summed E-state index contributed by atoms with van der Waals surface area (Å²) < 4.78 is 0.634. The van der Waals surface area contributed by atoms with Crippen LogP contribution in [0.1, 0.15) is 16.8 Å². The summed E-state index contributed by atoms with van der Waals surface area (Å²) in [5.74, 6) is -1.57. The largest absolute Gasteiger partial charge is 0.480 e. The van der Waals surface area contributed by atoms with Crippen molar-refractivity contribution in [1.29, 1.82) is 0 Å². The van der Waals surface area contributed by atoms with E-state index in [-0.39, 0.29) is 13.0 Å². The number of carbonyl (C=O) groups excluding carboxylic acids is 1. The maximum absolute atomic E-state index is 12.3. The van der Waals surface area contributed by atoms with Crippen molar-refractivity contribution in [3.8, 4) is 0 Å². The zero-order chi connectivity index (χ0) is 14.2. The number of hydrogen-bond donors (Lipinski definition) is 2. The molecule has 1 aromatic carbocycles. The Morgan fingerprint density at radius 1 is 1.37 bits per heavy atom. The minimum Gasteiger partial charge on any atom is -0.480 e. The highest BCUT2D eigenvalue weighted by molar-refractivity contribution is 9.10. The number of aliphatic hydroxyl groups excluding tert-OH is 1. The lowest BCUT2D eigenvalue weighted by atomic mass is 10.1. The van der Waals surface area contributed by atoms with Crippen LogP contribution in [0.2, 0.25) is 5.02 Å². The van der Waals surface area contributed by atoms with Crippen LogP contribution >= 0.6 is 27.5 Å². The van der Waals surface area contributed by atoms with Crippen molar-refractivity contribution in [3.05, 3.63) is 33.3 Å².